The summed E-state index contributed by atoms with van der Waals surface area (Å²) in [7, 11) is 0. The third kappa shape index (κ3) is 2.73. The molecule has 3 nitrogen and oxygen atoms in total. The molecule has 2 aromatic heterocycles. The van der Waals surface area contributed by atoms with Crippen LogP contribution in [0.1, 0.15) is 44.0 Å². The Labute approximate surface area is 103 Å². The van der Waals surface area contributed by atoms with Crippen LogP contribution in [0.25, 0.3) is 0 Å². The van der Waals surface area contributed by atoms with Crippen LogP contribution in [0.15, 0.2) is 36.9 Å². The monoisotopic (exact) mass is 229 g/mol. The van der Waals surface area contributed by atoms with E-state index in [-0.39, 0.29) is 0 Å². The third-order valence-electron chi connectivity index (χ3n) is 3.20. The van der Waals surface area contributed by atoms with Crippen molar-refractivity contribution in [3.05, 3.63) is 48.3 Å². The van der Waals surface area contributed by atoms with Crippen LogP contribution in [0.5, 0.6) is 0 Å². The van der Waals surface area contributed by atoms with Gasteiger partial charge in [0.15, 0.2) is 0 Å². The molecule has 0 saturated carbocycles. The van der Waals surface area contributed by atoms with Crippen molar-refractivity contribution in [1.82, 2.24) is 14.5 Å². The molecule has 0 bridgehead atoms. The first-order chi connectivity index (χ1) is 8.35. The molecule has 0 saturated heterocycles. The fraction of sp³-hybridized carbons (Fsp3) is 0.429. The van der Waals surface area contributed by atoms with Crippen LogP contribution in [0.2, 0.25) is 0 Å². The molecule has 0 aromatic carbocycles. The summed E-state index contributed by atoms with van der Waals surface area (Å²) in [5.74, 6) is 1.76. The molecule has 2 aromatic rings. The Morgan fingerprint density at radius 3 is 2.47 bits per heavy atom. The van der Waals surface area contributed by atoms with E-state index < -0.39 is 0 Å². The number of rotatable bonds is 5. The predicted molar refractivity (Wildman–Crippen MR) is 68.9 cm³/mol. The van der Waals surface area contributed by atoms with Gasteiger partial charge in [-0.2, -0.15) is 0 Å². The van der Waals surface area contributed by atoms with E-state index in [1.807, 2.05) is 18.6 Å². The molecule has 0 amide bonds. The number of aromatic nitrogens is 3. The summed E-state index contributed by atoms with van der Waals surface area (Å²) in [5.41, 5.74) is 1.27. The second-order valence-electron chi connectivity index (χ2n) is 4.28. The first-order valence-corrected chi connectivity index (χ1v) is 6.25. The maximum atomic E-state index is 4.50. The van der Waals surface area contributed by atoms with Crippen LogP contribution >= 0.6 is 0 Å². The van der Waals surface area contributed by atoms with E-state index in [1.165, 1.54) is 11.4 Å². The van der Waals surface area contributed by atoms with Gasteiger partial charge >= 0.3 is 0 Å². The van der Waals surface area contributed by atoms with Gasteiger partial charge in [0, 0.05) is 37.3 Å². The molecule has 0 aliphatic carbocycles. The van der Waals surface area contributed by atoms with Gasteiger partial charge in [0.2, 0.25) is 0 Å². The molecule has 90 valence electrons. The van der Waals surface area contributed by atoms with Crippen molar-refractivity contribution in [2.45, 2.75) is 39.2 Å². The molecule has 0 atom stereocenters. The zero-order valence-electron chi connectivity index (χ0n) is 10.5. The van der Waals surface area contributed by atoms with Gasteiger partial charge in [0.1, 0.15) is 5.82 Å². The zero-order chi connectivity index (χ0) is 12.1. The minimum Gasteiger partial charge on any atom is -0.330 e. The van der Waals surface area contributed by atoms with Crippen LogP contribution in [-0.4, -0.2) is 14.5 Å². The van der Waals surface area contributed by atoms with E-state index in [1.54, 1.807) is 0 Å². The number of imidazole rings is 1. The first-order valence-electron chi connectivity index (χ1n) is 6.25. The quantitative estimate of drug-likeness (QED) is 0.788. The van der Waals surface area contributed by atoms with Crippen molar-refractivity contribution < 1.29 is 0 Å². The first kappa shape index (κ1) is 11.8. The summed E-state index contributed by atoms with van der Waals surface area (Å²) in [4.78, 5) is 8.54. The Morgan fingerprint density at radius 2 is 1.82 bits per heavy atom. The van der Waals surface area contributed by atoms with E-state index in [4.69, 9.17) is 0 Å². The Morgan fingerprint density at radius 1 is 1.12 bits per heavy atom. The van der Waals surface area contributed by atoms with Gasteiger partial charge in [-0.3, -0.25) is 4.98 Å². The summed E-state index contributed by atoms with van der Waals surface area (Å²) >= 11 is 0. The lowest BCUT2D eigenvalue weighted by molar-refractivity contribution is 0.564. The van der Waals surface area contributed by atoms with Gasteiger partial charge in [-0.05, 0) is 30.5 Å². The highest BCUT2D eigenvalue weighted by atomic mass is 15.1. The van der Waals surface area contributed by atoms with Crippen molar-refractivity contribution in [2.24, 2.45) is 0 Å². The molecule has 0 N–H and O–H groups in total. The zero-order valence-corrected chi connectivity index (χ0v) is 10.5. The second-order valence-corrected chi connectivity index (χ2v) is 4.28. The molecule has 17 heavy (non-hydrogen) atoms. The SMILES string of the molecule is CCC(CC)c1nccn1Cc1ccncc1. The largest absolute Gasteiger partial charge is 0.330 e. The van der Waals surface area contributed by atoms with Crippen molar-refractivity contribution in [2.75, 3.05) is 0 Å². The van der Waals surface area contributed by atoms with Crippen LogP contribution < -0.4 is 0 Å². The topological polar surface area (TPSA) is 30.7 Å². The van der Waals surface area contributed by atoms with Gasteiger partial charge in [-0.15, -0.1) is 0 Å². The van der Waals surface area contributed by atoms with Crippen LogP contribution in [-0.2, 0) is 6.54 Å². The third-order valence-corrected chi connectivity index (χ3v) is 3.20. The average Bonchev–Trinajstić information content (AvgIpc) is 2.81. The van der Waals surface area contributed by atoms with E-state index in [9.17, 15) is 0 Å². The molecular formula is C14H19N3. The van der Waals surface area contributed by atoms with E-state index >= 15 is 0 Å². The molecule has 2 heterocycles. The highest BCUT2D eigenvalue weighted by molar-refractivity contribution is 5.12. The minimum atomic E-state index is 0.562. The van der Waals surface area contributed by atoms with Gasteiger partial charge in [-0.25, -0.2) is 4.98 Å². The lowest BCUT2D eigenvalue weighted by Gasteiger charge is -2.14. The Kier molecular flexibility index (Phi) is 3.91. The van der Waals surface area contributed by atoms with Crippen molar-refractivity contribution in [3.8, 4) is 0 Å². The number of pyridine rings is 1. The fourth-order valence-electron chi connectivity index (χ4n) is 2.15. The van der Waals surface area contributed by atoms with Crippen molar-refractivity contribution >= 4 is 0 Å². The molecule has 0 aliphatic heterocycles. The van der Waals surface area contributed by atoms with Gasteiger partial charge in [-0.1, -0.05) is 13.8 Å². The Bertz CT molecular complexity index is 444. The second kappa shape index (κ2) is 5.62. The van der Waals surface area contributed by atoms with E-state index in [0.29, 0.717) is 5.92 Å². The van der Waals surface area contributed by atoms with E-state index in [2.05, 4.69) is 46.7 Å². The molecule has 0 fully saturated rings. The van der Waals surface area contributed by atoms with Crippen molar-refractivity contribution in [1.29, 1.82) is 0 Å². The van der Waals surface area contributed by atoms with E-state index in [0.717, 1.165) is 19.4 Å². The summed E-state index contributed by atoms with van der Waals surface area (Å²) in [5, 5.41) is 0. The summed E-state index contributed by atoms with van der Waals surface area (Å²) in [6.45, 7) is 5.33. The standard InChI is InChI=1S/C14H19N3/c1-3-13(4-2)14-16-9-10-17(14)11-12-5-7-15-8-6-12/h5-10,13H,3-4,11H2,1-2H3. The number of hydrogen-bond donors (Lipinski definition) is 0. The highest BCUT2D eigenvalue weighted by Crippen LogP contribution is 2.21. The lowest BCUT2D eigenvalue weighted by Crippen LogP contribution is -2.08. The maximum Gasteiger partial charge on any atom is 0.112 e. The van der Waals surface area contributed by atoms with Gasteiger partial charge in [0.05, 0.1) is 0 Å². The normalized spacial score (nSPS) is 11.0. The van der Waals surface area contributed by atoms with Crippen LogP contribution in [0.4, 0.5) is 0 Å². The molecular weight excluding hydrogens is 210 g/mol. The van der Waals surface area contributed by atoms with Crippen LogP contribution in [0, 0.1) is 0 Å². The summed E-state index contributed by atoms with van der Waals surface area (Å²) in [6, 6.07) is 4.10. The summed E-state index contributed by atoms with van der Waals surface area (Å²) in [6.07, 6.45) is 9.92. The predicted octanol–water partition coefficient (Wildman–Crippen LogP) is 3.23. The smallest absolute Gasteiger partial charge is 0.112 e. The van der Waals surface area contributed by atoms with Gasteiger partial charge in [0.25, 0.3) is 0 Å². The fourth-order valence-corrected chi connectivity index (χ4v) is 2.15. The van der Waals surface area contributed by atoms with Crippen molar-refractivity contribution in [3.63, 3.8) is 0 Å². The van der Waals surface area contributed by atoms with Gasteiger partial charge < -0.3 is 4.57 Å². The molecule has 2 rings (SSSR count). The molecule has 3 heteroatoms. The minimum absolute atomic E-state index is 0.562. The average molecular weight is 229 g/mol. The maximum absolute atomic E-state index is 4.50. The molecule has 0 unspecified atom stereocenters. The number of hydrogen-bond acceptors (Lipinski definition) is 2. The Balaban J connectivity index is 2.20. The molecule has 0 spiro atoms. The summed E-state index contributed by atoms with van der Waals surface area (Å²) < 4.78 is 2.24. The molecule has 0 aliphatic rings. The van der Waals surface area contributed by atoms with Crippen LogP contribution in [0.3, 0.4) is 0 Å². The highest BCUT2D eigenvalue weighted by Gasteiger charge is 2.12. The number of nitrogens with zero attached hydrogens (tertiary/aromatic N) is 3. The Hall–Kier alpha value is -1.64. The molecule has 0 radical (unpaired) electrons. The lowest BCUT2D eigenvalue weighted by atomic mass is 10.0.